The van der Waals surface area contributed by atoms with E-state index in [-0.39, 0.29) is 17.2 Å². The van der Waals surface area contributed by atoms with Crippen molar-refractivity contribution in [1.29, 1.82) is 0 Å². The molecule has 158 valence electrons. The predicted molar refractivity (Wildman–Crippen MR) is 125 cm³/mol. The summed E-state index contributed by atoms with van der Waals surface area (Å²) in [6.07, 6.45) is 6.60. The summed E-state index contributed by atoms with van der Waals surface area (Å²) in [6, 6.07) is 10.0. The summed E-state index contributed by atoms with van der Waals surface area (Å²) < 4.78 is 1.79. The number of thiophene rings is 1. The van der Waals surface area contributed by atoms with Gasteiger partial charge in [-0.1, -0.05) is 30.3 Å². The van der Waals surface area contributed by atoms with Crippen molar-refractivity contribution in [3.05, 3.63) is 74.9 Å². The minimum absolute atomic E-state index is 0.0599. The summed E-state index contributed by atoms with van der Waals surface area (Å²) in [5.41, 5.74) is 2.94. The van der Waals surface area contributed by atoms with Gasteiger partial charge in [0.15, 0.2) is 0 Å². The van der Waals surface area contributed by atoms with Crippen molar-refractivity contribution >= 4 is 44.9 Å². The van der Waals surface area contributed by atoms with Gasteiger partial charge in [-0.05, 0) is 30.4 Å². The van der Waals surface area contributed by atoms with Gasteiger partial charge >= 0.3 is 0 Å². The number of carbonyl (C=O) groups excluding carboxylic acids is 1. The smallest absolute Gasteiger partial charge is 0.259 e. The lowest BCUT2D eigenvalue weighted by atomic mass is 10.2. The Hall–Kier alpha value is -2.91. The minimum atomic E-state index is -0.109. The van der Waals surface area contributed by atoms with E-state index in [1.165, 1.54) is 22.2 Å². The Morgan fingerprint density at radius 2 is 2.13 bits per heavy atom. The second kappa shape index (κ2) is 8.68. The Labute approximate surface area is 186 Å². The number of carbonyl (C=O) groups is 1. The van der Waals surface area contributed by atoms with Crippen LogP contribution in [0.5, 0.6) is 0 Å². The Balaban J connectivity index is 1.15. The zero-order valence-electron chi connectivity index (χ0n) is 16.8. The number of benzene rings is 1. The Kier molecular flexibility index (Phi) is 5.61. The normalized spacial score (nSPS) is 12.9. The number of aryl methyl sites for hydroxylation is 2. The zero-order chi connectivity index (χ0) is 21.2. The number of fused-ring (bicyclic) bond motifs is 3. The van der Waals surface area contributed by atoms with E-state index < -0.39 is 0 Å². The lowest BCUT2D eigenvalue weighted by Gasteiger charge is -2.04. The van der Waals surface area contributed by atoms with Crippen LogP contribution in [0.25, 0.3) is 10.2 Å². The third-order valence-corrected chi connectivity index (χ3v) is 7.33. The molecule has 0 radical (unpaired) electrons. The SMILES string of the molecule is O=C(CSCc1nc2sc3c(c2c(=O)[nH]1)CCC3)Nc1cnn(Cc2ccccc2)c1. The van der Waals surface area contributed by atoms with E-state index in [1.54, 1.807) is 22.2 Å². The monoisotopic (exact) mass is 451 g/mol. The number of hydrogen-bond acceptors (Lipinski definition) is 6. The molecule has 0 atom stereocenters. The molecule has 3 aromatic heterocycles. The van der Waals surface area contributed by atoms with Gasteiger partial charge in [-0.15, -0.1) is 23.1 Å². The van der Waals surface area contributed by atoms with Crippen molar-refractivity contribution in [2.75, 3.05) is 11.1 Å². The molecule has 0 saturated carbocycles. The maximum atomic E-state index is 12.5. The number of anilines is 1. The van der Waals surface area contributed by atoms with Gasteiger partial charge in [0.25, 0.3) is 5.56 Å². The average Bonchev–Trinajstić information content (AvgIpc) is 3.45. The number of amides is 1. The Morgan fingerprint density at radius 1 is 1.26 bits per heavy atom. The number of H-pyrrole nitrogens is 1. The first kappa shape index (κ1) is 20.0. The fraction of sp³-hybridized carbons (Fsp3) is 0.273. The summed E-state index contributed by atoms with van der Waals surface area (Å²) in [6.45, 7) is 0.652. The van der Waals surface area contributed by atoms with E-state index in [9.17, 15) is 9.59 Å². The number of nitrogens with one attached hydrogen (secondary N) is 2. The van der Waals surface area contributed by atoms with Crippen LogP contribution in [0.15, 0.2) is 47.5 Å². The van der Waals surface area contributed by atoms with Crippen LogP contribution in [0, 0.1) is 0 Å². The first-order valence-electron chi connectivity index (χ1n) is 10.1. The summed E-state index contributed by atoms with van der Waals surface area (Å²) >= 11 is 3.05. The molecule has 4 aromatic rings. The van der Waals surface area contributed by atoms with Crippen LogP contribution in [0.4, 0.5) is 5.69 Å². The van der Waals surface area contributed by atoms with Gasteiger partial charge in [-0.3, -0.25) is 14.3 Å². The van der Waals surface area contributed by atoms with Gasteiger partial charge in [0.05, 0.1) is 35.3 Å². The topological polar surface area (TPSA) is 92.7 Å². The number of aromatic nitrogens is 4. The fourth-order valence-corrected chi connectivity index (χ4v) is 5.81. The highest BCUT2D eigenvalue weighted by Gasteiger charge is 2.21. The molecule has 0 fully saturated rings. The zero-order valence-corrected chi connectivity index (χ0v) is 18.4. The molecule has 1 aliphatic rings. The molecule has 1 amide bonds. The molecule has 0 spiro atoms. The van der Waals surface area contributed by atoms with E-state index in [0.717, 1.165) is 35.0 Å². The maximum Gasteiger partial charge on any atom is 0.259 e. The largest absolute Gasteiger partial charge is 0.323 e. The first-order valence-corrected chi connectivity index (χ1v) is 12.1. The summed E-state index contributed by atoms with van der Waals surface area (Å²) in [5, 5.41) is 7.93. The molecular weight excluding hydrogens is 430 g/mol. The number of hydrogen-bond donors (Lipinski definition) is 2. The number of nitrogens with zero attached hydrogens (tertiary/aromatic N) is 3. The lowest BCUT2D eigenvalue weighted by molar-refractivity contribution is -0.113. The van der Waals surface area contributed by atoms with Gasteiger partial charge < -0.3 is 10.3 Å². The van der Waals surface area contributed by atoms with Crippen LogP contribution in [-0.2, 0) is 29.9 Å². The van der Waals surface area contributed by atoms with Crippen molar-refractivity contribution in [2.24, 2.45) is 0 Å². The summed E-state index contributed by atoms with van der Waals surface area (Å²) in [4.78, 5) is 34.4. The average molecular weight is 452 g/mol. The molecule has 5 rings (SSSR count). The molecule has 3 heterocycles. The highest BCUT2D eigenvalue weighted by Crippen LogP contribution is 2.34. The van der Waals surface area contributed by atoms with E-state index in [2.05, 4.69) is 20.4 Å². The van der Waals surface area contributed by atoms with Gasteiger partial charge in [0.1, 0.15) is 10.7 Å². The van der Waals surface area contributed by atoms with Gasteiger partial charge in [0.2, 0.25) is 5.91 Å². The quantitative estimate of drug-likeness (QED) is 0.448. The third-order valence-electron chi connectivity index (χ3n) is 5.20. The molecule has 9 heteroatoms. The van der Waals surface area contributed by atoms with Crippen LogP contribution in [0.3, 0.4) is 0 Å². The van der Waals surface area contributed by atoms with E-state index in [4.69, 9.17) is 0 Å². The minimum Gasteiger partial charge on any atom is -0.323 e. The molecule has 7 nitrogen and oxygen atoms in total. The van der Waals surface area contributed by atoms with Crippen LogP contribution in [-0.4, -0.2) is 31.4 Å². The predicted octanol–water partition coefficient (Wildman–Crippen LogP) is 3.59. The third kappa shape index (κ3) is 4.42. The van der Waals surface area contributed by atoms with E-state index >= 15 is 0 Å². The van der Waals surface area contributed by atoms with Crippen molar-refractivity contribution in [1.82, 2.24) is 19.7 Å². The lowest BCUT2D eigenvalue weighted by Crippen LogP contribution is -2.15. The Bertz CT molecular complexity index is 1290. The van der Waals surface area contributed by atoms with Crippen molar-refractivity contribution < 1.29 is 4.79 Å². The van der Waals surface area contributed by atoms with Crippen molar-refractivity contribution in [3.63, 3.8) is 0 Å². The number of rotatable bonds is 7. The standard InChI is InChI=1S/C22H21N5O2S2/c28-19(24-15-9-23-27(11-15)10-14-5-2-1-3-6-14)13-30-12-18-25-21(29)20-16-7-4-8-17(16)31-22(20)26-18/h1-3,5-6,9,11H,4,7-8,10,12-13H2,(H,24,28)(H,25,26,29). The highest BCUT2D eigenvalue weighted by atomic mass is 32.2. The highest BCUT2D eigenvalue weighted by molar-refractivity contribution is 7.99. The molecule has 0 aliphatic heterocycles. The molecule has 0 saturated heterocycles. The van der Waals surface area contributed by atoms with Crippen LogP contribution >= 0.6 is 23.1 Å². The molecule has 2 N–H and O–H groups in total. The van der Waals surface area contributed by atoms with E-state index in [1.807, 2.05) is 36.5 Å². The second-order valence-corrected chi connectivity index (χ2v) is 9.57. The molecule has 31 heavy (non-hydrogen) atoms. The second-order valence-electron chi connectivity index (χ2n) is 7.50. The molecule has 1 aromatic carbocycles. The molecular formula is C22H21N5O2S2. The molecule has 0 unspecified atom stereocenters. The molecule has 0 bridgehead atoms. The van der Waals surface area contributed by atoms with Crippen LogP contribution in [0.2, 0.25) is 0 Å². The summed E-state index contributed by atoms with van der Waals surface area (Å²) in [7, 11) is 0. The molecule has 1 aliphatic carbocycles. The number of thioether (sulfide) groups is 1. The van der Waals surface area contributed by atoms with Crippen molar-refractivity contribution in [2.45, 2.75) is 31.6 Å². The Morgan fingerprint density at radius 3 is 3.00 bits per heavy atom. The van der Waals surface area contributed by atoms with Crippen molar-refractivity contribution in [3.8, 4) is 0 Å². The van der Waals surface area contributed by atoms with Gasteiger partial charge in [-0.2, -0.15) is 5.10 Å². The number of aromatic amines is 1. The summed E-state index contributed by atoms with van der Waals surface area (Å²) in [5.74, 6) is 1.26. The van der Waals surface area contributed by atoms with Gasteiger partial charge in [0, 0.05) is 11.1 Å². The van der Waals surface area contributed by atoms with E-state index in [0.29, 0.717) is 23.8 Å². The fourth-order valence-electron chi connectivity index (χ4n) is 3.84. The van der Waals surface area contributed by atoms with Gasteiger partial charge in [-0.25, -0.2) is 4.98 Å². The van der Waals surface area contributed by atoms with Crippen LogP contribution in [0.1, 0.15) is 28.2 Å². The van der Waals surface area contributed by atoms with Crippen LogP contribution < -0.4 is 10.9 Å². The first-order chi connectivity index (χ1) is 15.2. The maximum absolute atomic E-state index is 12.5.